The van der Waals surface area contributed by atoms with Crippen LogP contribution in [0, 0.1) is 17.3 Å². The molecule has 0 aliphatic heterocycles. The molecule has 0 unspecified atom stereocenters. The van der Waals surface area contributed by atoms with Gasteiger partial charge in [-0.2, -0.15) is 0 Å². The number of hydrogen-bond acceptors (Lipinski definition) is 4. The van der Waals surface area contributed by atoms with Crippen LogP contribution in [0.1, 0.15) is 66.7 Å². The predicted octanol–water partition coefficient (Wildman–Crippen LogP) is 3.08. The Kier molecular flexibility index (Phi) is 5.97. The first-order valence-electron chi connectivity index (χ1n) is 8.27. The van der Waals surface area contributed by atoms with Crippen LogP contribution < -0.4 is 5.73 Å². The van der Waals surface area contributed by atoms with Crippen LogP contribution in [0.5, 0.6) is 0 Å². The summed E-state index contributed by atoms with van der Waals surface area (Å²) in [4.78, 5) is 23.2. The smallest absolute Gasteiger partial charge is 0.302 e. The maximum Gasteiger partial charge on any atom is 0.302 e. The van der Waals surface area contributed by atoms with Gasteiger partial charge in [-0.15, -0.1) is 0 Å². The Bertz CT molecular complexity index is 395. The van der Waals surface area contributed by atoms with E-state index in [9.17, 15) is 9.59 Å². The van der Waals surface area contributed by atoms with Crippen molar-refractivity contribution in [1.29, 1.82) is 0 Å². The maximum absolute atomic E-state index is 12.2. The molecule has 4 heteroatoms. The quantitative estimate of drug-likeness (QED) is 0.813. The number of nitrogens with two attached hydrogens (primary N) is 1. The first-order valence-corrected chi connectivity index (χ1v) is 8.27. The highest BCUT2D eigenvalue weighted by atomic mass is 16.5. The number of carbonyl (C=O) groups is 2. The number of hydrogen-bond donors (Lipinski definition) is 1. The van der Waals surface area contributed by atoms with E-state index < -0.39 is 5.54 Å². The second kappa shape index (κ2) is 6.91. The predicted molar refractivity (Wildman–Crippen MR) is 83.8 cm³/mol. The van der Waals surface area contributed by atoms with Crippen molar-refractivity contribution in [2.24, 2.45) is 23.0 Å². The molecule has 0 spiro atoms. The number of ether oxygens (including phenoxy) is 1. The van der Waals surface area contributed by atoms with Crippen LogP contribution in [0.25, 0.3) is 0 Å². The number of Topliss-reactive ketones (excluding diaryl/α,β-unsaturated/α-hetero) is 1. The fourth-order valence-corrected chi connectivity index (χ4v) is 4.30. The Morgan fingerprint density at radius 1 is 1.43 bits per heavy atom. The molecule has 0 radical (unpaired) electrons. The minimum atomic E-state index is -0.652. The van der Waals surface area contributed by atoms with Gasteiger partial charge in [0.05, 0.1) is 12.1 Å². The lowest BCUT2D eigenvalue weighted by atomic mass is 9.59. The van der Waals surface area contributed by atoms with Gasteiger partial charge in [0, 0.05) is 13.3 Å². The molecule has 2 rings (SSSR count). The van der Waals surface area contributed by atoms with Crippen molar-refractivity contribution in [3.05, 3.63) is 0 Å². The minimum Gasteiger partial charge on any atom is -0.466 e. The van der Waals surface area contributed by atoms with Gasteiger partial charge >= 0.3 is 5.97 Å². The standard InChI is InChI=1S/C15H25NO3.C2H6/c1-10(9-19-11(2)17)12-6-8-15(16)13(18)5-4-7-14(12,15)3;1-2/h10,12H,4-9,16H2,1-3H3;1-2H3/t10-,12-,14-,15-;/m1./s1. The van der Waals surface area contributed by atoms with E-state index in [1.54, 1.807) is 0 Å². The van der Waals surface area contributed by atoms with Crippen LogP contribution in [0.15, 0.2) is 0 Å². The van der Waals surface area contributed by atoms with E-state index in [1.807, 2.05) is 13.8 Å². The van der Waals surface area contributed by atoms with Crippen LogP contribution in [0.3, 0.4) is 0 Å². The second-order valence-electron chi connectivity index (χ2n) is 6.59. The summed E-state index contributed by atoms with van der Waals surface area (Å²) in [5.41, 5.74) is 5.68. The van der Waals surface area contributed by atoms with Gasteiger partial charge in [0.15, 0.2) is 5.78 Å². The number of esters is 1. The molecular formula is C17H31NO3. The third kappa shape index (κ3) is 3.15. The lowest BCUT2D eigenvalue weighted by molar-refractivity contribution is -0.144. The van der Waals surface area contributed by atoms with E-state index >= 15 is 0 Å². The first-order chi connectivity index (χ1) is 9.81. The molecule has 2 aliphatic carbocycles. The maximum atomic E-state index is 12.2. The van der Waals surface area contributed by atoms with Crippen molar-refractivity contribution in [2.45, 2.75) is 72.3 Å². The lowest BCUT2D eigenvalue weighted by Gasteiger charge is -2.48. The van der Waals surface area contributed by atoms with Gasteiger partial charge in [-0.3, -0.25) is 9.59 Å². The lowest BCUT2D eigenvalue weighted by Crippen LogP contribution is -2.61. The molecule has 0 aromatic heterocycles. The molecule has 0 aromatic rings. The van der Waals surface area contributed by atoms with E-state index in [-0.39, 0.29) is 23.1 Å². The van der Waals surface area contributed by atoms with Crippen molar-refractivity contribution in [1.82, 2.24) is 0 Å². The van der Waals surface area contributed by atoms with E-state index in [4.69, 9.17) is 10.5 Å². The highest BCUT2D eigenvalue weighted by Crippen LogP contribution is 2.57. The molecule has 2 fully saturated rings. The summed E-state index contributed by atoms with van der Waals surface area (Å²) in [7, 11) is 0. The van der Waals surface area contributed by atoms with Gasteiger partial charge in [0.25, 0.3) is 0 Å². The summed E-state index contributed by atoms with van der Waals surface area (Å²) in [5.74, 6) is 0.600. The Morgan fingerprint density at radius 2 is 2.05 bits per heavy atom. The topological polar surface area (TPSA) is 69.4 Å². The van der Waals surface area contributed by atoms with Gasteiger partial charge < -0.3 is 10.5 Å². The molecule has 2 aliphatic rings. The molecule has 0 amide bonds. The van der Waals surface area contributed by atoms with Crippen LogP contribution in [0.4, 0.5) is 0 Å². The zero-order valence-corrected chi connectivity index (χ0v) is 14.2. The second-order valence-corrected chi connectivity index (χ2v) is 6.59. The summed E-state index contributed by atoms with van der Waals surface area (Å²) < 4.78 is 5.14. The average molecular weight is 297 g/mol. The van der Waals surface area contributed by atoms with E-state index in [2.05, 4.69) is 13.8 Å². The summed E-state index contributed by atoms with van der Waals surface area (Å²) in [6.07, 6.45) is 4.30. The molecule has 2 N–H and O–H groups in total. The largest absolute Gasteiger partial charge is 0.466 e. The van der Waals surface area contributed by atoms with Gasteiger partial charge in [-0.1, -0.05) is 27.7 Å². The Hall–Kier alpha value is -0.900. The van der Waals surface area contributed by atoms with Crippen molar-refractivity contribution >= 4 is 11.8 Å². The molecule has 122 valence electrons. The number of ketones is 1. The van der Waals surface area contributed by atoms with E-state index in [0.717, 1.165) is 25.7 Å². The first kappa shape index (κ1) is 18.1. The molecule has 0 saturated heterocycles. The summed E-state index contributed by atoms with van der Waals surface area (Å²) >= 11 is 0. The number of fused-ring (bicyclic) bond motifs is 1. The molecule has 2 saturated carbocycles. The molecule has 0 heterocycles. The highest BCUT2D eigenvalue weighted by Gasteiger charge is 2.60. The molecule has 21 heavy (non-hydrogen) atoms. The third-order valence-electron chi connectivity index (χ3n) is 5.52. The Labute approximate surface area is 128 Å². The van der Waals surface area contributed by atoms with Gasteiger partial charge in [-0.25, -0.2) is 0 Å². The zero-order chi connectivity index (χ0) is 16.3. The van der Waals surface area contributed by atoms with Crippen molar-refractivity contribution < 1.29 is 14.3 Å². The van der Waals surface area contributed by atoms with Crippen molar-refractivity contribution in [3.8, 4) is 0 Å². The Balaban J connectivity index is 0.00000106. The number of rotatable bonds is 3. The van der Waals surface area contributed by atoms with E-state index in [1.165, 1.54) is 6.92 Å². The van der Waals surface area contributed by atoms with Crippen LogP contribution in [-0.2, 0) is 14.3 Å². The van der Waals surface area contributed by atoms with Crippen molar-refractivity contribution in [3.63, 3.8) is 0 Å². The summed E-state index contributed by atoms with van der Waals surface area (Å²) in [6.45, 7) is 10.1. The molecule has 4 atom stereocenters. The normalized spacial score (nSPS) is 36.3. The van der Waals surface area contributed by atoms with Crippen LogP contribution >= 0.6 is 0 Å². The fourth-order valence-electron chi connectivity index (χ4n) is 4.30. The monoisotopic (exact) mass is 297 g/mol. The fraction of sp³-hybridized carbons (Fsp3) is 0.882. The zero-order valence-electron chi connectivity index (χ0n) is 14.2. The van der Waals surface area contributed by atoms with Gasteiger partial charge in [-0.05, 0) is 42.9 Å². The van der Waals surface area contributed by atoms with Crippen molar-refractivity contribution in [2.75, 3.05) is 6.61 Å². The number of carbonyl (C=O) groups excluding carboxylic acids is 2. The van der Waals surface area contributed by atoms with Crippen LogP contribution in [-0.4, -0.2) is 23.9 Å². The van der Waals surface area contributed by atoms with Gasteiger partial charge in [0.2, 0.25) is 0 Å². The SMILES string of the molecule is CC.CC(=O)OC[C@@H](C)[C@H]1CC[C@@]2(N)C(=O)CCC[C@]12C. The molecular weight excluding hydrogens is 266 g/mol. The average Bonchev–Trinajstić information content (AvgIpc) is 2.73. The molecule has 4 nitrogen and oxygen atoms in total. The highest BCUT2D eigenvalue weighted by molar-refractivity contribution is 5.90. The minimum absolute atomic E-state index is 0.137. The van der Waals surface area contributed by atoms with E-state index in [0.29, 0.717) is 18.9 Å². The third-order valence-corrected chi connectivity index (χ3v) is 5.52. The van der Waals surface area contributed by atoms with Gasteiger partial charge in [0.1, 0.15) is 0 Å². The Morgan fingerprint density at radius 3 is 2.62 bits per heavy atom. The molecule has 0 aromatic carbocycles. The van der Waals surface area contributed by atoms with Crippen LogP contribution in [0.2, 0.25) is 0 Å². The molecule has 0 bridgehead atoms. The summed E-state index contributed by atoms with van der Waals surface area (Å²) in [5, 5.41) is 0. The summed E-state index contributed by atoms with van der Waals surface area (Å²) in [6, 6.07) is 0.